The van der Waals surface area contributed by atoms with Crippen LogP contribution in [0.15, 0.2) is 58.2 Å². The molecule has 3 aromatic rings. The minimum atomic E-state index is -0.300. The monoisotopic (exact) mass is 487 g/mol. The van der Waals surface area contributed by atoms with Gasteiger partial charge in [-0.1, -0.05) is 34.6 Å². The van der Waals surface area contributed by atoms with E-state index in [-0.39, 0.29) is 17.1 Å². The van der Waals surface area contributed by atoms with Crippen molar-refractivity contribution in [1.82, 2.24) is 14.8 Å². The second-order valence-corrected chi connectivity index (χ2v) is 8.72. The number of aromatic nitrogens is 3. The Morgan fingerprint density at radius 1 is 1.03 bits per heavy atom. The predicted octanol–water partition coefficient (Wildman–Crippen LogP) is 4.71. The Bertz CT molecular complexity index is 1030. The van der Waals surface area contributed by atoms with Crippen molar-refractivity contribution in [2.45, 2.75) is 30.7 Å². The molecule has 0 fully saturated rings. The third kappa shape index (κ3) is 5.48. The molecule has 3 rings (SSSR count). The maximum Gasteiger partial charge on any atom is 0.237 e. The number of halogens is 1. The van der Waals surface area contributed by atoms with Gasteiger partial charge in [0, 0.05) is 35.4 Å². The summed E-state index contributed by atoms with van der Waals surface area (Å²) >= 11 is 4.77. The van der Waals surface area contributed by atoms with Gasteiger partial charge in [-0.3, -0.25) is 9.59 Å². The summed E-state index contributed by atoms with van der Waals surface area (Å²) in [5.41, 5.74) is 2.34. The van der Waals surface area contributed by atoms with E-state index in [1.165, 1.54) is 18.7 Å². The number of hydrogen-bond donors (Lipinski definition) is 2. The molecule has 2 amide bonds. The van der Waals surface area contributed by atoms with Crippen molar-refractivity contribution >= 4 is 50.9 Å². The van der Waals surface area contributed by atoms with Gasteiger partial charge in [-0.2, -0.15) is 0 Å². The minimum Gasteiger partial charge on any atom is -0.326 e. The molecule has 0 spiro atoms. The molecule has 1 aromatic heterocycles. The van der Waals surface area contributed by atoms with Gasteiger partial charge in [-0.25, -0.2) is 0 Å². The normalized spacial score (nSPS) is 11.7. The molecule has 2 aromatic carbocycles. The van der Waals surface area contributed by atoms with Gasteiger partial charge < -0.3 is 15.2 Å². The number of amides is 2. The summed E-state index contributed by atoms with van der Waals surface area (Å²) in [6.07, 6.45) is 0.653. The van der Waals surface area contributed by atoms with E-state index in [9.17, 15) is 9.59 Å². The molecule has 7 nitrogen and oxygen atoms in total. The van der Waals surface area contributed by atoms with Gasteiger partial charge in [0.05, 0.1) is 5.25 Å². The van der Waals surface area contributed by atoms with Crippen LogP contribution in [0.2, 0.25) is 0 Å². The first-order valence-corrected chi connectivity index (χ1v) is 11.0. The Morgan fingerprint density at radius 2 is 1.63 bits per heavy atom. The molecular formula is C21H22BrN5O2S. The van der Waals surface area contributed by atoms with Crippen LogP contribution < -0.4 is 10.6 Å². The van der Waals surface area contributed by atoms with E-state index in [1.54, 1.807) is 0 Å². The number of nitrogens with zero attached hydrogens (tertiary/aromatic N) is 3. The zero-order chi connectivity index (χ0) is 21.7. The molecule has 30 heavy (non-hydrogen) atoms. The van der Waals surface area contributed by atoms with E-state index in [0.717, 1.165) is 21.4 Å². The fourth-order valence-electron chi connectivity index (χ4n) is 2.78. The molecule has 9 heteroatoms. The van der Waals surface area contributed by atoms with Crippen molar-refractivity contribution < 1.29 is 9.59 Å². The second kappa shape index (κ2) is 9.90. The number of rotatable bonds is 7. The van der Waals surface area contributed by atoms with Crippen LogP contribution in [0.3, 0.4) is 0 Å². The number of hydrogen-bond acceptors (Lipinski definition) is 5. The fourth-order valence-corrected chi connectivity index (χ4v) is 3.96. The van der Waals surface area contributed by atoms with Crippen LogP contribution in [0, 0.1) is 0 Å². The third-order valence-electron chi connectivity index (χ3n) is 4.32. The lowest BCUT2D eigenvalue weighted by Crippen LogP contribution is -2.25. The fraction of sp³-hybridized carbons (Fsp3) is 0.238. The number of anilines is 2. The maximum atomic E-state index is 12.7. The van der Waals surface area contributed by atoms with Crippen LogP contribution in [0.25, 0.3) is 11.4 Å². The average molecular weight is 488 g/mol. The van der Waals surface area contributed by atoms with Crippen molar-refractivity contribution in [2.24, 2.45) is 7.05 Å². The largest absolute Gasteiger partial charge is 0.326 e. The zero-order valence-electron chi connectivity index (χ0n) is 16.8. The maximum absolute atomic E-state index is 12.7. The smallest absolute Gasteiger partial charge is 0.237 e. The highest BCUT2D eigenvalue weighted by atomic mass is 79.9. The van der Waals surface area contributed by atoms with Gasteiger partial charge in [0.15, 0.2) is 11.0 Å². The van der Waals surface area contributed by atoms with E-state index < -0.39 is 0 Å². The molecule has 2 N–H and O–H groups in total. The highest BCUT2D eigenvalue weighted by molar-refractivity contribution is 9.10. The van der Waals surface area contributed by atoms with Crippen molar-refractivity contribution in [3.05, 3.63) is 53.0 Å². The highest BCUT2D eigenvalue weighted by Crippen LogP contribution is 2.28. The molecule has 0 unspecified atom stereocenters. The Labute approximate surface area is 187 Å². The van der Waals surface area contributed by atoms with Crippen molar-refractivity contribution in [3.63, 3.8) is 0 Å². The summed E-state index contributed by atoms with van der Waals surface area (Å²) in [4.78, 5) is 23.9. The SMILES string of the molecule is CC[C@@H](Sc1nnc(-c2ccc(NC(C)=O)cc2)n1C)C(=O)Nc1ccc(Br)cc1. The number of carbonyl (C=O) groups is 2. The number of thioether (sulfide) groups is 1. The van der Waals surface area contributed by atoms with Crippen molar-refractivity contribution in [2.75, 3.05) is 10.6 Å². The quantitative estimate of drug-likeness (QED) is 0.471. The first kappa shape index (κ1) is 22.0. The molecule has 0 saturated carbocycles. The van der Waals surface area contributed by atoms with E-state index in [4.69, 9.17) is 0 Å². The molecule has 1 atom stereocenters. The number of carbonyl (C=O) groups excluding carboxylic acids is 2. The first-order valence-electron chi connectivity index (χ1n) is 9.38. The van der Waals surface area contributed by atoms with E-state index >= 15 is 0 Å². The molecule has 0 aliphatic heterocycles. The van der Waals surface area contributed by atoms with Crippen LogP contribution in [-0.4, -0.2) is 31.8 Å². The van der Waals surface area contributed by atoms with Crippen molar-refractivity contribution in [1.29, 1.82) is 0 Å². The zero-order valence-corrected chi connectivity index (χ0v) is 19.3. The molecule has 0 radical (unpaired) electrons. The number of nitrogens with one attached hydrogen (secondary N) is 2. The van der Waals surface area contributed by atoms with E-state index in [0.29, 0.717) is 17.4 Å². The molecule has 0 bridgehead atoms. The summed E-state index contributed by atoms with van der Waals surface area (Å²) in [7, 11) is 1.87. The Morgan fingerprint density at radius 3 is 2.23 bits per heavy atom. The summed E-state index contributed by atoms with van der Waals surface area (Å²) in [6, 6.07) is 14.9. The van der Waals surface area contributed by atoms with Crippen LogP contribution >= 0.6 is 27.7 Å². The van der Waals surface area contributed by atoms with Gasteiger partial charge in [0.1, 0.15) is 0 Å². The van der Waals surface area contributed by atoms with Crippen molar-refractivity contribution in [3.8, 4) is 11.4 Å². The van der Waals surface area contributed by atoms with Crippen LogP contribution in [-0.2, 0) is 16.6 Å². The van der Waals surface area contributed by atoms with Gasteiger partial charge in [-0.05, 0) is 55.0 Å². The lowest BCUT2D eigenvalue weighted by atomic mass is 10.2. The molecule has 0 aliphatic carbocycles. The summed E-state index contributed by atoms with van der Waals surface area (Å²) in [6.45, 7) is 3.44. The third-order valence-corrected chi connectivity index (χ3v) is 6.25. The Balaban J connectivity index is 1.71. The molecule has 156 valence electrons. The Kier molecular flexibility index (Phi) is 7.28. The lowest BCUT2D eigenvalue weighted by molar-refractivity contribution is -0.116. The molecule has 0 saturated heterocycles. The van der Waals surface area contributed by atoms with E-state index in [1.807, 2.05) is 67.1 Å². The highest BCUT2D eigenvalue weighted by Gasteiger charge is 2.22. The van der Waals surface area contributed by atoms with Gasteiger partial charge >= 0.3 is 0 Å². The molecule has 1 heterocycles. The minimum absolute atomic E-state index is 0.0750. The second-order valence-electron chi connectivity index (χ2n) is 6.63. The first-order chi connectivity index (χ1) is 14.4. The van der Waals surface area contributed by atoms with Gasteiger partial charge in [-0.15, -0.1) is 10.2 Å². The Hall–Kier alpha value is -2.65. The summed E-state index contributed by atoms with van der Waals surface area (Å²) in [5.74, 6) is 0.496. The van der Waals surface area contributed by atoms with Crippen LogP contribution in [0.1, 0.15) is 20.3 Å². The van der Waals surface area contributed by atoms with Gasteiger partial charge in [0.25, 0.3) is 0 Å². The average Bonchev–Trinajstić information content (AvgIpc) is 3.08. The standard InChI is InChI=1S/C21H22BrN5O2S/c1-4-18(20(29)24-17-11-7-15(22)8-12-17)30-21-26-25-19(27(21)3)14-5-9-16(10-6-14)23-13(2)28/h5-12,18H,4H2,1-3H3,(H,23,28)(H,24,29)/t18-/m1/s1. The number of benzene rings is 2. The lowest BCUT2D eigenvalue weighted by Gasteiger charge is -2.14. The van der Waals surface area contributed by atoms with Crippen LogP contribution in [0.5, 0.6) is 0 Å². The van der Waals surface area contributed by atoms with Gasteiger partial charge in [0.2, 0.25) is 11.8 Å². The summed E-state index contributed by atoms with van der Waals surface area (Å²) in [5, 5.41) is 14.6. The topological polar surface area (TPSA) is 88.9 Å². The predicted molar refractivity (Wildman–Crippen MR) is 123 cm³/mol. The summed E-state index contributed by atoms with van der Waals surface area (Å²) < 4.78 is 2.83. The van der Waals surface area contributed by atoms with Crippen LogP contribution in [0.4, 0.5) is 11.4 Å². The van der Waals surface area contributed by atoms with E-state index in [2.05, 4.69) is 36.8 Å². The molecule has 0 aliphatic rings. The molecular weight excluding hydrogens is 466 g/mol.